The highest BCUT2D eigenvalue weighted by Gasteiger charge is 2.43. The van der Waals surface area contributed by atoms with E-state index >= 15 is 0 Å². The largest absolute Gasteiger partial charge is 0.375 e. The van der Waals surface area contributed by atoms with E-state index in [4.69, 9.17) is 0 Å². The summed E-state index contributed by atoms with van der Waals surface area (Å²) >= 11 is 0. The average molecular weight is 179 g/mol. The van der Waals surface area contributed by atoms with E-state index in [0.717, 1.165) is 11.3 Å². The summed E-state index contributed by atoms with van der Waals surface area (Å²) in [6, 6.07) is 0. The molecule has 2 rings (SSSR count). The Morgan fingerprint density at radius 2 is 1.85 bits per heavy atom. The Bertz CT molecular complexity index is 203. The zero-order chi connectivity index (χ0) is 9.47. The number of hydrogen-bond acceptors (Lipinski definition) is 1. The Morgan fingerprint density at radius 3 is 2.23 bits per heavy atom. The lowest BCUT2D eigenvalue weighted by Gasteiger charge is -2.52. The molecule has 1 heterocycles. The zero-order valence-electron chi connectivity index (χ0n) is 8.97. The van der Waals surface area contributed by atoms with Gasteiger partial charge in [0.1, 0.15) is 0 Å². The molecule has 2 fully saturated rings. The smallest absolute Gasteiger partial charge is 0.0180 e. The molecule has 1 saturated carbocycles. The van der Waals surface area contributed by atoms with Crippen LogP contribution in [0.3, 0.4) is 0 Å². The number of nitrogens with zero attached hydrogens (tertiary/aromatic N) is 1. The van der Waals surface area contributed by atoms with Gasteiger partial charge in [0, 0.05) is 18.8 Å². The molecule has 2 aliphatic rings. The lowest BCUT2D eigenvalue weighted by Crippen LogP contribution is -2.45. The molecule has 1 nitrogen and oxygen atoms in total. The third kappa shape index (κ3) is 1.61. The van der Waals surface area contributed by atoms with Crippen LogP contribution in [0.15, 0.2) is 12.3 Å². The van der Waals surface area contributed by atoms with Gasteiger partial charge in [-0.15, -0.1) is 0 Å². The van der Waals surface area contributed by atoms with Crippen molar-refractivity contribution in [1.82, 2.24) is 4.90 Å². The van der Waals surface area contributed by atoms with Crippen molar-refractivity contribution in [3.05, 3.63) is 12.3 Å². The molecule has 1 heteroatoms. The standard InChI is InChI=1S/C12H21N/c1-10(2)13-6-4-12(5-7-13)8-11(3)9-12/h11H,1,4-9H2,2-3H3. The van der Waals surface area contributed by atoms with Gasteiger partial charge < -0.3 is 4.90 Å². The summed E-state index contributed by atoms with van der Waals surface area (Å²) in [5.74, 6) is 0.997. The fourth-order valence-corrected chi connectivity index (χ4v) is 3.19. The van der Waals surface area contributed by atoms with Crippen LogP contribution in [0, 0.1) is 11.3 Å². The van der Waals surface area contributed by atoms with Crippen LogP contribution in [0.1, 0.15) is 39.5 Å². The van der Waals surface area contributed by atoms with Gasteiger partial charge in [0.2, 0.25) is 0 Å². The van der Waals surface area contributed by atoms with Crippen LogP contribution in [0.5, 0.6) is 0 Å². The van der Waals surface area contributed by atoms with E-state index in [1.54, 1.807) is 0 Å². The van der Waals surface area contributed by atoms with E-state index in [-0.39, 0.29) is 0 Å². The van der Waals surface area contributed by atoms with Crippen LogP contribution in [-0.4, -0.2) is 18.0 Å². The summed E-state index contributed by atoms with van der Waals surface area (Å²) in [6.45, 7) is 11.0. The second kappa shape index (κ2) is 3.04. The Hall–Kier alpha value is -0.460. The van der Waals surface area contributed by atoms with E-state index in [0.29, 0.717) is 0 Å². The Morgan fingerprint density at radius 1 is 1.31 bits per heavy atom. The average Bonchev–Trinajstić information content (AvgIpc) is 2.03. The van der Waals surface area contributed by atoms with Crippen molar-refractivity contribution < 1.29 is 0 Å². The normalized spacial score (nSPS) is 27.4. The summed E-state index contributed by atoms with van der Waals surface area (Å²) in [5, 5.41) is 0. The fraction of sp³-hybridized carbons (Fsp3) is 0.833. The highest BCUT2D eigenvalue weighted by molar-refractivity contribution is 4.99. The fourth-order valence-electron chi connectivity index (χ4n) is 3.19. The number of piperidine rings is 1. The van der Waals surface area contributed by atoms with Gasteiger partial charge in [-0.05, 0) is 43.9 Å². The molecular formula is C12H21N. The number of allylic oxidation sites excluding steroid dienone is 1. The first kappa shape index (κ1) is 9.11. The van der Waals surface area contributed by atoms with Crippen LogP contribution >= 0.6 is 0 Å². The summed E-state index contributed by atoms with van der Waals surface area (Å²) < 4.78 is 0. The summed E-state index contributed by atoms with van der Waals surface area (Å²) in [5.41, 5.74) is 2.01. The minimum Gasteiger partial charge on any atom is -0.375 e. The highest BCUT2D eigenvalue weighted by Crippen LogP contribution is 2.52. The van der Waals surface area contributed by atoms with Gasteiger partial charge in [0.15, 0.2) is 0 Å². The number of rotatable bonds is 1. The molecule has 0 N–H and O–H groups in total. The third-order valence-corrected chi connectivity index (χ3v) is 3.93. The van der Waals surface area contributed by atoms with Crippen molar-refractivity contribution in [2.24, 2.45) is 11.3 Å². The first-order chi connectivity index (χ1) is 6.11. The van der Waals surface area contributed by atoms with Crippen LogP contribution in [0.25, 0.3) is 0 Å². The van der Waals surface area contributed by atoms with Crippen LogP contribution in [0.2, 0.25) is 0 Å². The highest BCUT2D eigenvalue weighted by atomic mass is 15.1. The van der Waals surface area contributed by atoms with E-state index in [9.17, 15) is 0 Å². The predicted molar refractivity (Wildman–Crippen MR) is 56.5 cm³/mol. The monoisotopic (exact) mass is 179 g/mol. The quantitative estimate of drug-likeness (QED) is 0.598. The number of hydrogen-bond donors (Lipinski definition) is 0. The lowest BCUT2D eigenvalue weighted by molar-refractivity contribution is 0.00311. The Kier molecular flexibility index (Phi) is 2.13. The van der Waals surface area contributed by atoms with Crippen LogP contribution < -0.4 is 0 Å². The minimum atomic E-state index is 0.755. The molecule has 1 aliphatic heterocycles. The first-order valence-electron chi connectivity index (χ1n) is 5.52. The van der Waals surface area contributed by atoms with Crippen molar-refractivity contribution in [1.29, 1.82) is 0 Å². The van der Waals surface area contributed by atoms with Crippen molar-refractivity contribution in [3.63, 3.8) is 0 Å². The minimum absolute atomic E-state index is 0.755. The molecule has 0 aromatic heterocycles. The van der Waals surface area contributed by atoms with Gasteiger partial charge in [-0.3, -0.25) is 0 Å². The molecule has 0 unspecified atom stereocenters. The molecule has 1 spiro atoms. The lowest BCUT2D eigenvalue weighted by atomic mass is 9.58. The molecule has 1 aliphatic carbocycles. The molecule has 0 aromatic rings. The first-order valence-corrected chi connectivity index (χ1v) is 5.52. The second-order valence-corrected chi connectivity index (χ2v) is 5.24. The van der Waals surface area contributed by atoms with E-state index in [1.807, 2.05) is 0 Å². The molecule has 0 radical (unpaired) electrons. The van der Waals surface area contributed by atoms with Crippen molar-refractivity contribution in [3.8, 4) is 0 Å². The maximum Gasteiger partial charge on any atom is 0.0180 e. The zero-order valence-corrected chi connectivity index (χ0v) is 8.97. The maximum absolute atomic E-state index is 4.01. The second-order valence-electron chi connectivity index (χ2n) is 5.24. The van der Waals surface area contributed by atoms with Crippen molar-refractivity contribution in [2.75, 3.05) is 13.1 Å². The van der Waals surface area contributed by atoms with Crippen LogP contribution in [-0.2, 0) is 0 Å². The van der Waals surface area contributed by atoms with Gasteiger partial charge in [0.25, 0.3) is 0 Å². The molecule has 0 bridgehead atoms. The van der Waals surface area contributed by atoms with Gasteiger partial charge in [0.05, 0.1) is 0 Å². The molecule has 0 aromatic carbocycles. The van der Waals surface area contributed by atoms with Gasteiger partial charge >= 0.3 is 0 Å². The summed E-state index contributed by atoms with van der Waals surface area (Å²) in [6.07, 6.45) is 5.78. The maximum atomic E-state index is 4.01. The molecule has 1 saturated heterocycles. The van der Waals surface area contributed by atoms with Gasteiger partial charge in [-0.25, -0.2) is 0 Å². The Balaban J connectivity index is 1.86. The molecule has 74 valence electrons. The van der Waals surface area contributed by atoms with Crippen molar-refractivity contribution in [2.45, 2.75) is 39.5 Å². The molecule has 13 heavy (non-hydrogen) atoms. The Labute approximate surface area is 81.8 Å². The molecule has 0 amide bonds. The number of likely N-dealkylation sites (tertiary alicyclic amines) is 1. The summed E-state index contributed by atoms with van der Waals surface area (Å²) in [7, 11) is 0. The van der Waals surface area contributed by atoms with Crippen LogP contribution in [0.4, 0.5) is 0 Å². The van der Waals surface area contributed by atoms with E-state index in [2.05, 4.69) is 25.3 Å². The molecular weight excluding hydrogens is 158 g/mol. The topological polar surface area (TPSA) is 3.24 Å². The summed E-state index contributed by atoms with van der Waals surface area (Å²) in [4.78, 5) is 2.44. The predicted octanol–water partition coefficient (Wildman–Crippen LogP) is 3.03. The molecule has 0 atom stereocenters. The van der Waals surface area contributed by atoms with E-state index < -0.39 is 0 Å². The van der Waals surface area contributed by atoms with Crippen molar-refractivity contribution >= 4 is 0 Å². The third-order valence-electron chi connectivity index (χ3n) is 3.93. The SMILES string of the molecule is C=C(C)N1CCC2(CC1)CC(C)C2. The van der Waals surface area contributed by atoms with Gasteiger partial charge in [-0.1, -0.05) is 13.5 Å². The van der Waals surface area contributed by atoms with Gasteiger partial charge in [-0.2, -0.15) is 0 Å². The van der Waals surface area contributed by atoms with E-state index in [1.165, 1.54) is 44.5 Å².